The van der Waals surface area contributed by atoms with Gasteiger partial charge in [0.25, 0.3) is 0 Å². The number of hydrazone groups is 1. The Balaban J connectivity index is 2.32. The molecule has 3 nitrogen and oxygen atoms in total. The fraction of sp³-hybridized carbons (Fsp3) is 0.417. The number of rotatable bonds is 1. The lowest BCUT2D eigenvalue weighted by molar-refractivity contribution is 0.0847. The monoisotopic (exact) mass is 204 g/mol. The summed E-state index contributed by atoms with van der Waals surface area (Å²) in [5, 5.41) is 3.52. The van der Waals surface area contributed by atoms with Crippen molar-refractivity contribution in [3.8, 4) is 5.75 Å². The second kappa shape index (κ2) is 3.57. The number of benzene rings is 1. The largest absolute Gasteiger partial charge is 0.488 e. The van der Waals surface area contributed by atoms with Crippen LogP contribution in [0.3, 0.4) is 0 Å². The molecular formula is C12H16N2O. The molecule has 0 saturated heterocycles. The van der Waals surface area contributed by atoms with Crippen LogP contribution >= 0.6 is 0 Å². The molecule has 1 aromatic carbocycles. The van der Waals surface area contributed by atoms with Crippen molar-refractivity contribution in [1.82, 2.24) is 0 Å². The van der Waals surface area contributed by atoms with Gasteiger partial charge in [-0.15, -0.1) is 0 Å². The third-order valence-electron chi connectivity index (χ3n) is 2.69. The maximum Gasteiger partial charge on any atom is 0.123 e. The van der Waals surface area contributed by atoms with Gasteiger partial charge in [-0.1, -0.05) is 0 Å². The Bertz CT molecular complexity index is 397. The summed E-state index contributed by atoms with van der Waals surface area (Å²) in [5.41, 5.74) is 2.22. The molecule has 2 rings (SSSR count). The Morgan fingerprint density at radius 1 is 1.47 bits per heavy atom. The van der Waals surface area contributed by atoms with Crippen LogP contribution in [-0.4, -0.2) is 11.8 Å². The summed E-state index contributed by atoms with van der Waals surface area (Å²) in [6, 6.07) is 6.05. The zero-order valence-corrected chi connectivity index (χ0v) is 9.16. The number of hydrogen-bond acceptors (Lipinski definition) is 3. The van der Waals surface area contributed by atoms with Crippen LogP contribution in [0.2, 0.25) is 0 Å². The maximum absolute atomic E-state index is 5.88. The Morgan fingerprint density at radius 2 is 2.27 bits per heavy atom. The van der Waals surface area contributed by atoms with E-state index < -0.39 is 0 Å². The molecule has 0 bridgehead atoms. The van der Waals surface area contributed by atoms with Gasteiger partial charge in [0, 0.05) is 0 Å². The highest BCUT2D eigenvalue weighted by Crippen LogP contribution is 2.33. The van der Waals surface area contributed by atoms with Crippen LogP contribution in [0.25, 0.3) is 0 Å². The summed E-state index contributed by atoms with van der Waals surface area (Å²) in [7, 11) is 0. The van der Waals surface area contributed by atoms with E-state index in [9.17, 15) is 0 Å². The molecule has 0 aromatic heterocycles. The lowest BCUT2D eigenvalue weighted by atomic mass is 9.93. The maximum atomic E-state index is 5.88. The number of aryl methyl sites for hydroxylation is 1. The molecular weight excluding hydrogens is 188 g/mol. The van der Waals surface area contributed by atoms with Crippen LogP contribution in [0.5, 0.6) is 5.75 Å². The summed E-state index contributed by atoms with van der Waals surface area (Å²) in [6.07, 6.45) is 3.75. The van der Waals surface area contributed by atoms with Crippen LogP contribution in [0.4, 0.5) is 0 Å². The number of hydrogen-bond donors (Lipinski definition) is 1. The normalized spacial score (nSPS) is 18.5. The zero-order valence-electron chi connectivity index (χ0n) is 9.16. The minimum Gasteiger partial charge on any atom is -0.488 e. The molecule has 0 saturated carbocycles. The van der Waals surface area contributed by atoms with Gasteiger partial charge in [-0.05, 0) is 56.0 Å². The molecule has 80 valence electrons. The van der Waals surface area contributed by atoms with E-state index in [1.54, 1.807) is 6.21 Å². The average molecular weight is 204 g/mol. The lowest BCUT2D eigenvalue weighted by Gasteiger charge is -2.32. The highest BCUT2D eigenvalue weighted by atomic mass is 16.5. The van der Waals surface area contributed by atoms with Crippen molar-refractivity contribution < 1.29 is 4.74 Å². The predicted octanol–water partition coefficient (Wildman–Crippen LogP) is 2.08. The molecule has 0 amide bonds. The summed E-state index contributed by atoms with van der Waals surface area (Å²) in [4.78, 5) is 0. The molecule has 0 spiro atoms. The minimum atomic E-state index is -0.0452. The number of fused-ring (bicyclic) bond motifs is 1. The van der Waals surface area contributed by atoms with Gasteiger partial charge in [-0.3, -0.25) is 0 Å². The van der Waals surface area contributed by atoms with E-state index in [4.69, 9.17) is 10.6 Å². The first-order valence-corrected chi connectivity index (χ1v) is 5.16. The van der Waals surface area contributed by atoms with Crippen molar-refractivity contribution in [1.29, 1.82) is 0 Å². The van der Waals surface area contributed by atoms with Crippen molar-refractivity contribution in [2.75, 3.05) is 0 Å². The highest BCUT2D eigenvalue weighted by Gasteiger charge is 2.26. The van der Waals surface area contributed by atoms with E-state index in [0.717, 1.165) is 24.2 Å². The van der Waals surface area contributed by atoms with Crippen LogP contribution in [0.15, 0.2) is 23.3 Å². The fourth-order valence-corrected chi connectivity index (χ4v) is 1.85. The summed E-state index contributed by atoms with van der Waals surface area (Å²) >= 11 is 0. The Kier molecular flexibility index (Phi) is 2.39. The lowest BCUT2D eigenvalue weighted by Crippen LogP contribution is -2.32. The van der Waals surface area contributed by atoms with Crippen molar-refractivity contribution in [3.05, 3.63) is 29.3 Å². The number of nitrogens with zero attached hydrogens (tertiary/aromatic N) is 1. The van der Waals surface area contributed by atoms with E-state index in [2.05, 4.69) is 25.0 Å². The van der Waals surface area contributed by atoms with Crippen LogP contribution < -0.4 is 10.6 Å². The molecule has 0 atom stereocenters. The summed E-state index contributed by atoms with van der Waals surface area (Å²) in [5.74, 6) is 6.10. The fourth-order valence-electron chi connectivity index (χ4n) is 1.85. The van der Waals surface area contributed by atoms with Crippen molar-refractivity contribution in [3.63, 3.8) is 0 Å². The third-order valence-corrected chi connectivity index (χ3v) is 2.69. The molecule has 1 heterocycles. The minimum absolute atomic E-state index is 0.0452. The highest BCUT2D eigenvalue weighted by molar-refractivity contribution is 5.80. The second-order valence-corrected chi connectivity index (χ2v) is 4.51. The van der Waals surface area contributed by atoms with E-state index >= 15 is 0 Å². The Morgan fingerprint density at radius 3 is 3.00 bits per heavy atom. The van der Waals surface area contributed by atoms with Crippen molar-refractivity contribution in [2.24, 2.45) is 10.9 Å². The van der Waals surface area contributed by atoms with Crippen molar-refractivity contribution >= 4 is 6.21 Å². The standard InChI is InChI=1S/C12H16N2O/c1-12(2)6-5-10-7-9(8-14-13)3-4-11(10)15-12/h3-4,7-8H,5-6,13H2,1-2H3. The molecule has 1 aromatic rings. The molecule has 0 fully saturated rings. The molecule has 1 aliphatic rings. The molecule has 0 unspecified atom stereocenters. The van der Waals surface area contributed by atoms with Crippen LogP contribution in [0, 0.1) is 0 Å². The quantitative estimate of drug-likeness (QED) is 0.432. The van der Waals surface area contributed by atoms with E-state index in [-0.39, 0.29) is 5.60 Å². The Labute approximate surface area is 89.9 Å². The zero-order chi connectivity index (χ0) is 10.9. The van der Waals surface area contributed by atoms with Gasteiger partial charge in [-0.2, -0.15) is 5.10 Å². The number of nitrogens with two attached hydrogens (primary N) is 1. The summed E-state index contributed by atoms with van der Waals surface area (Å²) in [6.45, 7) is 4.23. The van der Waals surface area contributed by atoms with Gasteiger partial charge in [0.05, 0.1) is 6.21 Å². The van der Waals surface area contributed by atoms with Crippen LogP contribution in [-0.2, 0) is 6.42 Å². The number of ether oxygens (including phenoxy) is 1. The average Bonchev–Trinajstić information content (AvgIpc) is 2.18. The molecule has 1 aliphatic heterocycles. The van der Waals surface area contributed by atoms with Crippen LogP contribution in [0.1, 0.15) is 31.4 Å². The Hall–Kier alpha value is -1.51. The van der Waals surface area contributed by atoms with Gasteiger partial charge >= 0.3 is 0 Å². The van der Waals surface area contributed by atoms with Gasteiger partial charge in [0.1, 0.15) is 11.4 Å². The SMILES string of the molecule is CC1(C)CCc2cc(C=NN)ccc2O1. The molecule has 15 heavy (non-hydrogen) atoms. The predicted molar refractivity (Wildman–Crippen MR) is 61.3 cm³/mol. The van der Waals surface area contributed by atoms with E-state index in [1.165, 1.54) is 5.56 Å². The van der Waals surface area contributed by atoms with Gasteiger partial charge < -0.3 is 10.6 Å². The smallest absolute Gasteiger partial charge is 0.123 e. The first kappa shape index (κ1) is 10.0. The van der Waals surface area contributed by atoms with Gasteiger partial charge in [-0.25, -0.2) is 0 Å². The topological polar surface area (TPSA) is 47.6 Å². The van der Waals surface area contributed by atoms with Gasteiger partial charge in [0.15, 0.2) is 0 Å². The molecule has 3 heteroatoms. The van der Waals surface area contributed by atoms with E-state index in [0.29, 0.717) is 0 Å². The third kappa shape index (κ3) is 2.12. The first-order chi connectivity index (χ1) is 7.11. The second-order valence-electron chi connectivity index (χ2n) is 4.51. The molecule has 2 N–H and O–H groups in total. The summed E-state index contributed by atoms with van der Waals surface area (Å²) < 4.78 is 5.88. The van der Waals surface area contributed by atoms with E-state index in [1.807, 2.05) is 12.1 Å². The molecule has 0 radical (unpaired) electrons. The van der Waals surface area contributed by atoms with Gasteiger partial charge in [0.2, 0.25) is 0 Å². The first-order valence-electron chi connectivity index (χ1n) is 5.16. The molecule has 0 aliphatic carbocycles. The van der Waals surface area contributed by atoms with Crippen molar-refractivity contribution in [2.45, 2.75) is 32.3 Å².